The summed E-state index contributed by atoms with van der Waals surface area (Å²) in [6.45, 7) is 0.305. The Morgan fingerprint density at radius 2 is 2.26 bits per heavy atom. The second kappa shape index (κ2) is 6.78. The third-order valence-corrected chi connectivity index (χ3v) is 5.30. The Morgan fingerprint density at radius 1 is 1.43 bits per heavy atom. The van der Waals surface area contributed by atoms with Crippen molar-refractivity contribution in [1.82, 2.24) is 20.0 Å². The van der Waals surface area contributed by atoms with Gasteiger partial charge in [0.1, 0.15) is 0 Å². The van der Waals surface area contributed by atoms with Gasteiger partial charge in [0.25, 0.3) is 0 Å². The van der Waals surface area contributed by atoms with E-state index in [0.717, 1.165) is 31.2 Å². The van der Waals surface area contributed by atoms with Gasteiger partial charge in [-0.05, 0) is 0 Å². The van der Waals surface area contributed by atoms with E-state index in [0.29, 0.717) is 6.54 Å². The predicted octanol–water partition coefficient (Wildman–Crippen LogP) is 2.11. The number of rotatable bonds is 5. The monoisotopic (exact) mass is 440 g/mol. The number of hydrogen-bond donors (Lipinski definition) is 1. The fraction of sp³-hybridized carbons (Fsp3) is 0.200. The van der Waals surface area contributed by atoms with Crippen LogP contribution in [-0.2, 0) is 11.3 Å². The number of benzene rings is 1. The van der Waals surface area contributed by atoms with Crippen LogP contribution in [0.4, 0.5) is 0 Å². The van der Waals surface area contributed by atoms with Gasteiger partial charge in [-0.15, -0.1) is 0 Å². The van der Waals surface area contributed by atoms with Crippen molar-refractivity contribution in [2.75, 3.05) is 0 Å². The van der Waals surface area contributed by atoms with Crippen molar-refractivity contribution in [2.45, 2.75) is 18.8 Å². The molecule has 3 rings (SSSR count). The summed E-state index contributed by atoms with van der Waals surface area (Å²) in [5.74, 6) is 1.27. The Hall–Kier alpha value is -1.76. The van der Waals surface area contributed by atoms with Crippen molar-refractivity contribution >= 4 is 52.4 Å². The average Bonchev–Trinajstić information content (AvgIpc) is 3.01. The number of halogens is 1. The molecule has 1 N–H and O–H groups in total. The first kappa shape index (κ1) is 16.1. The molecule has 0 spiro atoms. The number of carboxylic acid groups (broad SMARTS) is 1. The van der Waals surface area contributed by atoms with Crippen molar-refractivity contribution in [3.63, 3.8) is 0 Å². The number of aliphatic carboxylic acids is 1. The van der Waals surface area contributed by atoms with E-state index in [2.05, 4.69) is 32.1 Å². The third kappa shape index (κ3) is 3.44. The standard InChI is InChI=1S/C15H13BrN4O2Se/c1-23-13-7-10(9-3-2-4-11(16)15(9)17-13)12-8-20(19-18-12)6-5-14(21)22/h2-4,7-8H,5-6H2,1H3,(H,21,22). The molecule has 0 saturated heterocycles. The molecule has 118 valence electrons. The van der Waals surface area contributed by atoms with Crippen LogP contribution in [0, 0.1) is 0 Å². The molecule has 0 fully saturated rings. The molecule has 0 amide bonds. The summed E-state index contributed by atoms with van der Waals surface area (Å²) in [5.41, 5.74) is 2.60. The first-order valence-electron chi connectivity index (χ1n) is 6.84. The summed E-state index contributed by atoms with van der Waals surface area (Å²) in [4.78, 5) is 15.4. The number of aromatic nitrogens is 4. The summed E-state index contributed by atoms with van der Waals surface area (Å²) in [6, 6.07) is 7.98. The molecule has 0 radical (unpaired) electrons. The van der Waals surface area contributed by atoms with E-state index in [9.17, 15) is 4.79 Å². The molecule has 3 aromatic rings. The zero-order valence-corrected chi connectivity index (χ0v) is 15.5. The molecule has 0 unspecified atom stereocenters. The van der Waals surface area contributed by atoms with E-state index >= 15 is 0 Å². The molecular weight excluding hydrogens is 427 g/mol. The molecule has 0 aliphatic carbocycles. The summed E-state index contributed by atoms with van der Waals surface area (Å²) < 4.78 is 3.54. The Morgan fingerprint density at radius 3 is 3.00 bits per heavy atom. The summed E-state index contributed by atoms with van der Waals surface area (Å²) in [5, 5.41) is 18.0. The van der Waals surface area contributed by atoms with Gasteiger partial charge in [0.05, 0.1) is 0 Å². The molecule has 0 aliphatic heterocycles. The van der Waals surface area contributed by atoms with Gasteiger partial charge in [-0.1, -0.05) is 0 Å². The summed E-state index contributed by atoms with van der Waals surface area (Å²) in [6.07, 6.45) is 1.81. The normalized spacial score (nSPS) is 11.0. The van der Waals surface area contributed by atoms with E-state index < -0.39 is 5.97 Å². The average molecular weight is 440 g/mol. The zero-order valence-electron chi connectivity index (χ0n) is 12.2. The van der Waals surface area contributed by atoms with Gasteiger partial charge in [-0.2, -0.15) is 0 Å². The fourth-order valence-corrected chi connectivity index (χ4v) is 3.58. The van der Waals surface area contributed by atoms with Gasteiger partial charge >= 0.3 is 147 Å². The predicted molar refractivity (Wildman–Crippen MR) is 92.0 cm³/mol. The van der Waals surface area contributed by atoms with Crippen molar-refractivity contribution < 1.29 is 9.90 Å². The van der Waals surface area contributed by atoms with Crippen LogP contribution in [0.2, 0.25) is 5.82 Å². The first-order valence-corrected chi connectivity index (χ1v) is 10.2. The fourth-order valence-electron chi connectivity index (χ4n) is 2.25. The number of fused-ring (bicyclic) bond motifs is 1. The molecule has 2 aromatic heterocycles. The molecule has 0 aliphatic rings. The van der Waals surface area contributed by atoms with Gasteiger partial charge in [0.15, 0.2) is 0 Å². The molecule has 23 heavy (non-hydrogen) atoms. The molecule has 1 aromatic carbocycles. The van der Waals surface area contributed by atoms with Crippen molar-refractivity contribution in [1.29, 1.82) is 0 Å². The third-order valence-electron chi connectivity index (χ3n) is 3.35. The molecule has 8 heteroatoms. The van der Waals surface area contributed by atoms with Crippen LogP contribution in [0.3, 0.4) is 0 Å². The molecule has 2 heterocycles. The number of pyridine rings is 1. The number of carbonyl (C=O) groups is 1. The van der Waals surface area contributed by atoms with E-state index in [1.807, 2.05) is 24.3 Å². The quantitative estimate of drug-likeness (QED) is 0.615. The van der Waals surface area contributed by atoms with Crippen LogP contribution in [0.25, 0.3) is 22.2 Å². The maximum atomic E-state index is 10.7. The van der Waals surface area contributed by atoms with E-state index in [4.69, 9.17) is 10.1 Å². The van der Waals surface area contributed by atoms with Crippen LogP contribution in [-0.4, -0.2) is 46.0 Å². The van der Waals surface area contributed by atoms with Crippen LogP contribution in [0.15, 0.2) is 34.9 Å². The number of para-hydroxylation sites is 1. The number of aryl methyl sites for hydroxylation is 1. The minimum atomic E-state index is -0.851. The second-order valence-electron chi connectivity index (χ2n) is 4.86. The number of carboxylic acids is 1. The Kier molecular flexibility index (Phi) is 4.75. The van der Waals surface area contributed by atoms with Crippen LogP contribution < -0.4 is 4.59 Å². The summed E-state index contributed by atoms with van der Waals surface area (Å²) >= 11 is 3.81. The second-order valence-corrected chi connectivity index (χ2v) is 7.45. The Labute approximate surface area is 147 Å². The molecular formula is C15H13BrN4O2Se. The minimum absolute atomic E-state index is 0.0226. The van der Waals surface area contributed by atoms with Crippen molar-refractivity contribution in [3.05, 3.63) is 34.9 Å². The van der Waals surface area contributed by atoms with E-state index in [-0.39, 0.29) is 21.4 Å². The van der Waals surface area contributed by atoms with Gasteiger partial charge in [0.2, 0.25) is 0 Å². The first-order chi connectivity index (χ1) is 11.1. The van der Waals surface area contributed by atoms with Crippen molar-refractivity contribution in [2.24, 2.45) is 0 Å². The maximum absolute atomic E-state index is 10.7. The molecule has 0 saturated carbocycles. The SMILES string of the molecule is C[Se]c1cc(-c2cn(CCC(=O)O)nn2)c2cccc(Br)c2n1. The van der Waals surface area contributed by atoms with Gasteiger partial charge in [0, 0.05) is 0 Å². The molecule has 0 bridgehead atoms. The van der Waals surface area contributed by atoms with Crippen molar-refractivity contribution in [3.8, 4) is 11.3 Å². The Balaban J connectivity index is 2.08. The van der Waals surface area contributed by atoms with Crippen LogP contribution >= 0.6 is 15.9 Å². The van der Waals surface area contributed by atoms with Gasteiger partial charge in [-0.25, -0.2) is 0 Å². The topological polar surface area (TPSA) is 80.9 Å². The number of hydrogen-bond acceptors (Lipinski definition) is 4. The summed E-state index contributed by atoms with van der Waals surface area (Å²) in [7, 11) is 0. The molecule has 6 nitrogen and oxygen atoms in total. The molecule has 0 atom stereocenters. The van der Waals surface area contributed by atoms with Gasteiger partial charge < -0.3 is 0 Å². The Bertz CT molecular complexity index is 881. The van der Waals surface area contributed by atoms with E-state index in [1.165, 1.54) is 0 Å². The van der Waals surface area contributed by atoms with Crippen LogP contribution in [0.5, 0.6) is 0 Å². The van der Waals surface area contributed by atoms with E-state index in [1.54, 1.807) is 10.9 Å². The zero-order chi connectivity index (χ0) is 16.4. The number of nitrogens with zero attached hydrogens (tertiary/aromatic N) is 4. The van der Waals surface area contributed by atoms with Gasteiger partial charge in [-0.3, -0.25) is 0 Å². The van der Waals surface area contributed by atoms with Crippen LogP contribution in [0.1, 0.15) is 6.42 Å².